The van der Waals surface area contributed by atoms with Crippen LogP contribution in [-0.4, -0.2) is 36.2 Å². The van der Waals surface area contributed by atoms with Gasteiger partial charge in [-0.25, -0.2) is 0 Å². The van der Waals surface area contributed by atoms with Crippen LogP contribution in [0.4, 0.5) is 0 Å². The topological polar surface area (TPSA) is 23.5 Å². The van der Waals surface area contributed by atoms with Gasteiger partial charge in [-0.15, -0.1) is 0 Å². The van der Waals surface area contributed by atoms with Crippen molar-refractivity contribution in [3.8, 4) is 0 Å². The van der Waals surface area contributed by atoms with Crippen LogP contribution in [0.1, 0.15) is 24.8 Å². The highest BCUT2D eigenvalue weighted by Gasteiger charge is 2.17. The van der Waals surface area contributed by atoms with Crippen LogP contribution in [0, 0.1) is 5.92 Å². The first-order valence-corrected chi connectivity index (χ1v) is 6.93. The van der Waals surface area contributed by atoms with Crippen molar-refractivity contribution in [1.82, 2.24) is 4.90 Å². The molecule has 1 aliphatic rings. The summed E-state index contributed by atoms with van der Waals surface area (Å²) in [7, 11) is 0. The number of hydrogen-bond acceptors (Lipinski definition) is 2. The molecule has 0 bridgehead atoms. The Labute approximate surface area is 110 Å². The minimum Gasteiger partial charge on any atom is -0.396 e. The van der Waals surface area contributed by atoms with Crippen molar-refractivity contribution in [2.24, 2.45) is 5.92 Å². The molecule has 1 N–H and O–H groups in total. The van der Waals surface area contributed by atoms with Crippen molar-refractivity contribution in [2.45, 2.75) is 19.3 Å². The summed E-state index contributed by atoms with van der Waals surface area (Å²) in [5, 5.41) is 8.93. The van der Waals surface area contributed by atoms with Gasteiger partial charge in [0.2, 0.25) is 0 Å². The molecule has 1 aromatic rings. The summed E-state index contributed by atoms with van der Waals surface area (Å²) in [4.78, 5) is 2.49. The van der Waals surface area contributed by atoms with E-state index in [1.165, 1.54) is 31.5 Å². The number of benzene rings is 1. The smallest absolute Gasteiger partial charge is 0.0433 e. The Balaban J connectivity index is 1.71. The molecule has 1 saturated heterocycles. The van der Waals surface area contributed by atoms with E-state index >= 15 is 0 Å². The zero-order chi connectivity index (χ0) is 12.6. The van der Waals surface area contributed by atoms with Gasteiger partial charge in [-0.3, -0.25) is 4.90 Å². The first-order valence-electron chi connectivity index (χ1n) is 6.93. The van der Waals surface area contributed by atoms with Crippen LogP contribution >= 0.6 is 0 Å². The van der Waals surface area contributed by atoms with Crippen LogP contribution in [0.5, 0.6) is 0 Å². The van der Waals surface area contributed by atoms with Crippen molar-refractivity contribution < 1.29 is 5.11 Å². The molecule has 0 atom stereocenters. The average molecular weight is 245 g/mol. The molecule has 1 aromatic carbocycles. The van der Waals surface area contributed by atoms with Crippen molar-refractivity contribution >= 4 is 6.08 Å². The third-order valence-corrected chi connectivity index (χ3v) is 3.72. The van der Waals surface area contributed by atoms with Gasteiger partial charge in [-0.05, 0) is 43.8 Å². The summed E-state index contributed by atoms with van der Waals surface area (Å²) >= 11 is 0. The normalized spacial score (nSPS) is 18.5. The quantitative estimate of drug-likeness (QED) is 0.862. The largest absolute Gasteiger partial charge is 0.396 e. The molecular formula is C16H23NO. The van der Waals surface area contributed by atoms with Crippen molar-refractivity contribution in [3.05, 3.63) is 42.0 Å². The Hall–Kier alpha value is -1.12. The molecule has 0 aromatic heterocycles. The molecule has 1 fully saturated rings. The number of aliphatic hydroxyl groups excluding tert-OH is 1. The maximum Gasteiger partial charge on any atom is 0.0433 e. The maximum atomic E-state index is 8.93. The standard InChI is InChI=1S/C16H23NO/c18-14-10-16-8-12-17(13-9-16)11-4-7-15-5-2-1-3-6-15/h1-7,16,18H,8-14H2/b7-4+. The maximum absolute atomic E-state index is 8.93. The number of hydrogen-bond donors (Lipinski definition) is 1. The lowest BCUT2D eigenvalue weighted by Gasteiger charge is -2.30. The third kappa shape index (κ3) is 4.28. The summed E-state index contributed by atoms with van der Waals surface area (Å²) in [6.07, 6.45) is 7.90. The molecule has 1 heterocycles. The highest BCUT2D eigenvalue weighted by atomic mass is 16.3. The Kier molecular flexibility index (Phi) is 5.43. The van der Waals surface area contributed by atoms with E-state index in [9.17, 15) is 0 Å². The van der Waals surface area contributed by atoms with Crippen molar-refractivity contribution in [2.75, 3.05) is 26.2 Å². The Bertz CT molecular complexity index is 353. The van der Waals surface area contributed by atoms with Crippen molar-refractivity contribution in [1.29, 1.82) is 0 Å². The fourth-order valence-corrected chi connectivity index (χ4v) is 2.54. The SMILES string of the molecule is OCCC1CCN(C/C=C/c2ccccc2)CC1. The molecule has 1 aliphatic heterocycles. The van der Waals surface area contributed by atoms with Gasteiger partial charge in [0.25, 0.3) is 0 Å². The molecule has 98 valence electrons. The minimum absolute atomic E-state index is 0.346. The summed E-state index contributed by atoms with van der Waals surface area (Å²) < 4.78 is 0. The zero-order valence-corrected chi connectivity index (χ0v) is 11.0. The lowest BCUT2D eigenvalue weighted by molar-refractivity contribution is 0.169. The van der Waals surface area contributed by atoms with Crippen LogP contribution in [-0.2, 0) is 0 Å². The lowest BCUT2D eigenvalue weighted by atomic mass is 9.94. The second-order valence-corrected chi connectivity index (χ2v) is 5.07. The number of piperidine rings is 1. The van der Waals surface area contributed by atoms with Gasteiger partial charge in [0, 0.05) is 13.2 Å². The predicted molar refractivity (Wildman–Crippen MR) is 76.3 cm³/mol. The minimum atomic E-state index is 0.346. The molecular weight excluding hydrogens is 222 g/mol. The van der Waals surface area contributed by atoms with E-state index in [1.807, 2.05) is 6.07 Å². The summed E-state index contributed by atoms with van der Waals surface area (Å²) in [6, 6.07) is 10.4. The molecule has 2 rings (SSSR count). The molecule has 0 aliphatic carbocycles. The molecule has 0 unspecified atom stereocenters. The molecule has 2 heteroatoms. The molecule has 0 spiro atoms. The lowest BCUT2D eigenvalue weighted by Crippen LogP contribution is -2.34. The number of nitrogens with zero attached hydrogens (tertiary/aromatic N) is 1. The molecule has 18 heavy (non-hydrogen) atoms. The number of likely N-dealkylation sites (tertiary alicyclic amines) is 1. The number of rotatable bonds is 5. The molecule has 0 radical (unpaired) electrons. The van der Waals surface area contributed by atoms with E-state index in [-0.39, 0.29) is 0 Å². The van der Waals surface area contributed by atoms with Crippen LogP contribution < -0.4 is 0 Å². The Morgan fingerprint density at radius 2 is 1.89 bits per heavy atom. The first kappa shape index (κ1) is 13.3. The third-order valence-electron chi connectivity index (χ3n) is 3.72. The van der Waals surface area contributed by atoms with Gasteiger partial charge in [0.15, 0.2) is 0 Å². The van der Waals surface area contributed by atoms with Gasteiger partial charge in [-0.1, -0.05) is 42.5 Å². The van der Waals surface area contributed by atoms with E-state index in [4.69, 9.17) is 5.11 Å². The summed E-state index contributed by atoms with van der Waals surface area (Å²) in [6.45, 7) is 3.73. The number of aliphatic hydroxyl groups is 1. The van der Waals surface area contributed by atoms with E-state index in [2.05, 4.69) is 41.3 Å². The van der Waals surface area contributed by atoms with Crippen LogP contribution in [0.2, 0.25) is 0 Å². The Morgan fingerprint density at radius 1 is 1.17 bits per heavy atom. The van der Waals surface area contributed by atoms with Crippen LogP contribution in [0.3, 0.4) is 0 Å². The second kappa shape index (κ2) is 7.34. The van der Waals surface area contributed by atoms with E-state index < -0.39 is 0 Å². The van der Waals surface area contributed by atoms with Gasteiger partial charge < -0.3 is 5.11 Å². The summed E-state index contributed by atoms with van der Waals surface area (Å²) in [5.74, 6) is 0.740. The highest BCUT2D eigenvalue weighted by molar-refractivity contribution is 5.48. The summed E-state index contributed by atoms with van der Waals surface area (Å²) in [5.41, 5.74) is 1.27. The van der Waals surface area contributed by atoms with Crippen LogP contribution in [0.15, 0.2) is 36.4 Å². The Morgan fingerprint density at radius 3 is 2.56 bits per heavy atom. The van der Waals surface area contributed by atoms with Gasteiger partial charge >= 0.3 is 0 Å². The molecule has 0 saturated carbocycles. The fraction of sp³-hybridized carbons (Fsp3) is 0.500. The van der Waals surface area contributed by atoms with E-state index in [1.54, 1.807) is 0 Å². The average Bonchev–Trinajstić information content (AvgIpc) is 2.42. The molecule has 0 amide bonds. The van der Waals surface area contributed by atoms with Crippen LogP contribution in [0.25, 0.3) is 6.08 Å². The van der Waals surface area contributed by atoms with Gasteiger partial charge in [0.05, 0.1) is 0 Å². The van der Waals surface area contributed by atoms with Gasteiger partial charge in [-0.2, -0.15) is 0 Å². The first-order chi connectivity index (χ1) is 8.88. The second-order valence-electron chi connectivity index (χ2n) is 5.07. The fourth-order valence-electron chi connectivity index (χ4n) is 2.54. The van der Waals surface area contributed by atoms with Gasteiger partial charge in [0.1, 0.15) is 0 Å². The van der Waals surface area contributed by atoms with E-state index in [0.29, 0.717) is 6.61 Å². The van der Waals surface area contributed by atoms with Crippen molar-refractivity contribution in [3.63, 3.8) is 0 Å². The molecule has 2 nitrogen and oxygen atoms in total. The monoisotopic (exact) mass is 245 g/mol. The van der Waals surface area contributed by atoms with E-state index in [0.717, 1.165) is 18.9 Å². The zero-order valence-electron chi connectivity index (χ0n) is 11.0. The highest BCUT2D eigenvalue weighted by Crippen LogP contribution is 2.19. The predicted octanol–water partition coefficient (Wildman–Crippen LogP) is 2.79.